The molecule has 0 saturated carbocycles. The Balaban J connectivity index is 1.77. The molecule has 0 saturated heterocycles. The molecular weight excluding hydrogens is 405 g/mol. The second-order valence-electron chi connectivity index (χ2n) is 7.60. The van der Waals surface area contributed by atoms with Crippen LogP contribution in [0.1, 0.15) is 1.37 Å². The number of aromatic nitrogens is 1. The lowest BCUT2D eigenvalue weighted by Gasteiger charge is -2.09. The third-order valence-electron chi connectivity index (χ3n) is 5.52. The Morgan fingerprint density at radius 2 is 1.13 bits per heavy atom. The topological polar surface area (TPSA) is 62.5 Å². The molecule has 1 heterocycles. The quantitative estimate of drug-likeness (QED) is 0.323. The lowest BCUT2D eigenvalue weighted by Crippen LogP contribution is -2.02. The Morgan fingerprint density at radius 1 is 0.677 bits per heavy atom. The zero-order chi connectivity index (χ0) is 22.3. The summed E-state index contributed by atoms with van der Waals surface area (Å²) < 4.78 is 21.9. The number of rotatable bonds is 5. The molecule has 0 fully saturated rings. The van der Waals surface area contributed by atoms with E-state index in [2.05, 4.69) is 36.4 Å². The van der Waals surface area contributed by atoms with Gasteiger partial charge in [-0.2, -0.15) is 0 Å². The van der Waals surface area contributed by atoms with Crippen LogP contribution in [0.3, 0.4) is 0 Å². The Hall–Kier alpha value is -3.17. The van der Waals surface area contributed by atoms with Crippen molar-refractivity contribution in [3.63, 3.8) is 0 Å². The van der Waals surface area contributed by atoms with Gasteiger partial charge in [0.2, 0.25) is 0 Å². The highest BCUT2D eigenvalue weighted by atomic mass is 31.2. The number of hydrogen-bond donors (Lipinski definition) is 2. The lowest BCUT2D eigenvalue weighted by atomic mass is 10.0. The molecule has 0 aliphatic heterocycles. The minimum Gasteiger partial charge on any atom is -0.340 e. The van der Waals surface area contributed by atoms with Crippen LogP contribution in [0.25, 0.3) is 44.1 Å². The van der Waals surface area contributed by atoms with E-state index in [0.29, 0.717) is 0 Å². The minimum absolute atomic E-state index is 0.535. The molecule has 0 aliphatic carbocycles. The van der Waals surface area contributed by atoms with Crippen LogP contribution in [0.5, 0.6) is 0 Å². The molecule has 0 aliphatic rings. The van der Waals surface area contributed by atoms with Gasteiger partial charge >= 0.3 is 7.60 Å². The Morgan fingerprint density at radius 3 is 1.55 bits per heavy atom. The van der Waals surface area contributed by atoms with E-state index in [1.807, 2.05) is 60.7 Å². The Bertz CT molecular complexity index is 1360. The van der Waals surface area contributed by atoms with Crippen molar-refractivity contribution in [3.8, 4) is 22.3 Å². The molecule has 1 aromatic heterocycles. The van der Waals surface area contributed by atoms with E-state index >= 15 is 0 Å². The summed E-state index contributed by atoms with van der Waals surface area (Å²) in [5.41, 5.74) is 5.87. The zero-order valence-electron chi connectivity index (χ0n) is 17.7. The molecule has 154 valence electrons. The van der Waals surface area contributed by atoms with Gasteiger partial charge in [0.05, 0.1) is 7.53 Å². The predicted molar refractivity (Wildman–Crippen MR) is 127 cm³/mol. The SMILES string of the molecule is [2H]C(CP(=O)(O)O)n1c2ccc(-c3ccccc3)cc2c2cc(-c3ccccc3)ccc21. The maximum absolute atomic E-state index is 11.6. The van der Waals surface area contributed by atoms with Crippen LogP contribution in [-0.2, 0) is 11.1 Å². The molecule has 4 aromatic carbocycles. The van der Waals surface area contributed by atoms with Gasteiger partial charge < -0.3 is 14.4 Å². The van der Waals surface area contributed by atoms with Gasteiger partial charge in [-0.05, 0) is 46.5 Å². The number of benzene rings is 4. The molecular formula is C26H22NO3P. The van der Waals surface area contributed by atoms with Gasteiger partial charge in [0.1, 0.15) is 0 Å². The highest BCUT2D eigenvalue weighted by Gasteiger charge is 2.17. The third-order valence-corrected chi connectivity index (χ3v) is 6.16. The fourth-order valence-corrected chi connectivity index (χ4v) is 4.43. The number of fused-ring (bicyclic) bond motifs is 3. The molecule has 1 unspecified atom stereocenters. The summed E-state index contributed by atoms with van der Waals surface area (Å²) in [4.78, 5) is 19.0. The highest BCUT2D eigenvalue weighted by Crippen LogP contribution is 2.38. The van der Waals surface area contributed by atoms with E-state index in [0.717, 1.165) is 44.1 Å². The highest BCUT2D eigenvalue weighted by molar-refractivity contribution is 7.51. The van der Waals surface area contributed by atoms with Crippen LogP contribution >= 0.6 is 7.60 Å². The monoisotopic (exact) mass is 428 g/mol. The van der Waals surface area contributed by atoms with Gasteiger partial charge in [0.15, 0.2) is 0 Å². The first kappa shape index (κ1) is 18.6. The van der Waals surface area contributed by atoms with Crippen molar-refractivity contribution >= 4 is 29.4 Å². The molecule has 0 spiro atoms. The van der Waals surface area contributed by atoms with Crippen LogP contribution in [0.4, 0.5) is 0 Å². The fourth-order valence-electron chi connectivity index (χ4n) is 4.06. The fraction of sp³-hybridized carbons (Fsp3) is 0.0769. The average molecular weight is 428 g/mol. The lowest BCUT2D eigenvalue weighted by molar-refractivity contribution is 0.370. The number of hydrogen-bond acceptors (Lipinski definition) is 1. The van der Waals surface area contributed by atoms with Crippen molar-refractivity contribution in [2.45, 2.75) is 6.52 Å². The average Bonchev–Trinajstić information content (AvgIpc) is 3.12. The smallest absolute Gasteiger partial charge is 0.327 e. The summed E-state index contributed by atoms with van der Waals surface area (Å²) in [5.74, 6) is 0. The minimum atomic E-state index is -4.34. The van der Waals surface area contributed by atoms with E-state index in [1.165, 1.54) is 0 Å². The predicted octanol–water partition coefficient (Wildman–Crippen LogP) is 6.31. The van der Waals surface area contributed by atoms with Crippen molar-refractivity contribution in [1.29, 1.82) is 0 Å². The van der Waals surface area contributed by atoms with E-state index in [9.17, 15) is 14.4 Å². The summed E-state index contributed by atoms with van der Waals surface area (Å²) in [6.07, 6.45) is -0.535. The van der Waals surface area contributed by atoms with Gasteiger partial charge in [-0.1, -0.05) is 72.8 Å². The molecule has 4 nitrogen and oxygen atoms in total. The van der Waals surface area contributed by atoms with Crippen LogP contribution in [0.15, 0.2) is 97.1 Å². The van der Waals surface area contributed by atoms with E-state index < -0.39 is 20.3 Å². The van der Waals surface area contributed by atoms with E-state index in [-0.39, 0.29) is 0 Å². The summed E-state index contributed by atoms with van der Waals surface area (Å²) in [7, 11) is -4.34. The van der Waals surface area contributed by atoms with Gasteiger partial charge in [0.25, 0.3) is 0 Å². The van der Waals surface area contributed by atoms with Crippen molar-refractivity contribution in [2.75, 3.05) is 6.16 Å². The van der Waals surface area contributed by atoms with Crippen molar-refractivity contribution in [3.05, 3.63) is 97.1 Å². The summed E-state index contributed by atoms with van der Waals surface area (Å²) in [6, 6.07) is 32.2. The van der Waals surface area contributed by atoms with Gasteiger partial charge in [-0.25, -0.2) is 0 Å². The first-order chi connectivity index (χ1) is 15.4. The molecule has 0 radical (unpaired) electrons. The molecule has 2 N–H and O–H groups in total. The van der Waals surface area contributed by atoms with Crippen molar-refractivity contribution in [2.24, 2.45) is 0 Å². The number of nitrogens with zero attached hydrogens (tertiary/aromatic N) is 1. The van der Waals surface area contributed by atoms with E-state index in [4.69, 9.17) is 1.37 Å². The van der Waals surface area contributed by atoms with Crippen LogP contribution in [-0.4, -0.2) is 20.5 Å². The third kappa shape index (κ3) is 3.94. The van der Waals surface area contributed by atoms with Gasteiger partial charge in [0, 0.05) is 28.3 Å². The first-order valence-electron chi connectivity index (χ1n) is 10.6. The summed E-state index contributed by atoms with van der Waals surface area (Å²) in [5, 5.41) is 1.92. The Labute approximate surface area is 182 Å². The van der Waals surface area contributed by atoms with Gasteiger partial charge in [-0.15, -0.1) is 0 Å². The second kappa shape index (κ2) is 7.82. The van der Waals surface area contributed by atoms with Crippen LogP contribution < -0.4 is 0 Å². The van der Waals surface area contributed by atoms with E-state index in [1.54, 1.807) is 4.57 Å². The van der Waals surface area contributed by atoms with Gasteiger partial charge in [-0.3, -0.25) is 4.57 Å². The largest absolute Gasteiger partial charge is 0.340 e. The van der Waals surface area contributed by atoms with Crippen LogP contribution in [0, 0.1) is 0 Å². The van der Waals surface area contributed by atoms with Crippen molar-refractivity contribution < 1.29 is 15.7 Å². The maximum atomic E-state index is 11.6. The molecule has 31 heavy (non-hydrogen) atoms. The second-order valence-corrected chi connectivity index (χ2v) is 9.29. The summed E-state index contributed by atoms with van der Waals surface area (Å²) >= 11 is 0. The molecule has 0 amide bonds. The molecule has 5 rings (SSSR count). The molecule has 1 atom stereocenters. The summed E-state index contributed by atoms with van der Waals surface area (Å²) in [6.45, 7) is -1.10. The maximum Gasteiger partial charge on any atom is 0.327 e. The normalized spacial score (nSPS) is 13.4. The molecule has 5 heteroatoms. The zero-order valence-corrected chi connectivity index (χ0v) is 17.6. The van der Waals surface area contributed by atoms with Crippen molar-refractivity contribution in [1.82, 2.24) is 4.57 Å². The van der Waals surface area contributed by atoms with Crippen LogP contribution in [0.2, 0.25) is 0 Å². The first-order valence-corrected chi connectivity index (χ1v) is 11.9. The Kier molecular flexibility index (Phi) is 4.69. The molecule has 5 aromatic rings. The molecule has 0 bridgehead atoms. The standard InChI is InChI=1S/C26H22NO3P/c28-31(29,30)16-15-27-25-13-11-21(19-7-3-1-4-8-19)17-23(25)24-18-22(12-14-26(24)27)20-9-5-2-6-10-20/h1-14,17-18H,15-16H2,(H2,28,29,30)/i15D. The number of aryl methyl sites for hydroxylation is 1.